The van der Waals surface area contributed by atoms with Gasteiger partial charge in [0.1, 0.15) is 0 Å². The highest BCUT2D eigenvalue weighted by Gasteiger charge is 2.21. The van der Waals surface area contributed by atoms with Gasteiger partial charge in [-0.3, -0.25) is 0 Å². The van der Waals surface area contributed by atoms with E-state index in [1.807, 2.05) is 48.6 Å². The molecule has 60 heavy (non-hydrogen) atoms. The van der Waals surface area contributed by atoms with Crippen LogP contribution in [0, 0.1) is 0 Å². The molecular weight excluding hydrogens is 761 g/mol. The van der Waals surface area contributed by atoms with Crippen molar-refractivity contribution in [2.24, 2.45) is 0 Å². The highest BCUT2D eigenvalue weighted by atomic mass is 16.4. The summed E-state index contributed by atoms with van der Waals surface area (Å²) in [4.78, 5) is 66.1. The first-order chi connectivity index (χ1) is 29.0. The Hall–Kier alpha value is -8.64. The average molecular weight is 791 g/mol. The van der Waals surface area contributed by atoms with Crippen molar-refractivity contribution < 1.29 is 39.6 Å². The fourth-order valence-electron chi connectivity index (χ4n) is 7.65. The van der Waals surface area contributed by atoms with Gasteiger partial charge >= 0.3 is 23.9 Å². The summed E-state index contributed by atoms with van der Waals surface area (Å²) < 4.78 is 0. The topological polar surface area (TPSA) is 207 Å². The maximum atomic E-state index is 12.2. The first kappa shape index (κ1) is 37.0. The number of aromatic carboxylic acids is 4. The number of carbonyl (C=O) groups is 4. The lowest BCUT2D eigenvalue weighted by atomic mass is 10.0. The fourth-order valence-corrected chi connectivity index (χ4v) is 7.65. The summed E-state index contributed by atoms with van der Waals surface area (Å²) >= 11 is 0. The van der Waals surface area contributed by atoms with Gasteiger partial charge in [0.25, 0.3) is 0 Å². The van der Waals surface area contributed by atoms with Crippen molar-refractivity contribution in [3.63, 3.8) is 0 Å². The molecule has 0 radical (unpaired) electrons. The molecule has 12 heteroatoms. The van der Waals surface area contributed by atoms with E-state index in [0.717, 1.165) is 0 Å². The van der Waals surface area contributed by atoms with Crippen molar-refractivity contribution in [3.05, 3.63) is 166 Å². The fraction of sp³-hybridized carbons (Fsp3) is 0. The molecule has 4 aromatic carbocycles. The number of H-pyrrole nitrogens is 2. The first-order valence-corrected chi connectivity index (χ1v) is 18.5. The minimum Gasteiger partial charge on any atom is -0.478 e. The van der Waals surface area contributed by atoms with E-state index in [-0.39, 0.29) is 22.3 Å². The SMILES string of the molecule is O=C(O)c1cccc(-c2c3nc(c(-c4cccc(C(=O)O)c4)c4ccc([nH]4)c(-c4cccc(C(=O)O)c4)c4nc(c(-c5cccc(C(=O)O)c5)c5ccc2[nH]5)C=C4)C=C3)c1. The van der Waals surface area contributed by atoms with Crippen LogP contribution in [0.5, 0.6) is 0 Å². The standard InChI is InChI=1S/C48H30N4O8/c53-45(54)29-9-1-5-25(21-29)41-33-13-15-35(49-33)42(26-6-2-10-30(22-26)46(55)56)37-17-19-39(51-37)44(28-8-4-12-32(24-28)48(59)60)40-20-18-38(52-40)43(36-16-14-34(41)50-36)27-7-3-11-31(23-27)47(57)58/h1-24,49,52H,(H,53,54)(H,55,56)(H,57,58)(H,59,60). The maximum absolute atomic E-state index is 12.2. The molecule has 2 aliphatic heterocycles. The Morgan fingerprint density at radius 1 is 0.350 bits per heavy atom. The molecule has 0 saturated heterocycles. The number of nitrogens with one attached hydrogen (secondary N) is 2. The number of benzene rings is 4. The minimum atomic E-state index is -1.11. The second-order valence-electron chi connectivity index (χ2n) is 14.0. The number of rotatable bonds is 8. The normalized spacial score (nSPS) is 11.7. The lowest BCUT2D eigenvalue weighted by Crippen LogP contribution is -1.97. The van der Waals surface area contributed by atoms with Crippen LogP contribution in [-0.4, -0.2) is 64.2 Å². The van der Waals surface area contributed by atoms with Gasteiger partial charge in [-0.05, 0) is 119 Å². The third kappa shape index (κ3) is 6.69. The maximum Gasteiger partial charge on any atom is 0.335 e. The molecule has 3 aromatic heterocycles. The average Bonchev–Trinajstić information content (AvgIpc) is 4.09. The number of carboxylic acids is 4. The van der Waals surface area contributed by atoms with Crippen molar-refractivity contribution in [2.45, 2.75) is 0 Å². The second-order valence-corrected chi connectivity index (χ2v) is 14.0. The molecule has 0 spiro atoms. The van der Waals surface area contributed by atoms with E-state index >= 15 is 0 Å². The predicted octanol–water partition coefficient (Wildman–Crippen LogP) is 10.1. The molecule has 2 aliphatic rings. The summed E-state index contributed by atoms with van der Waals surface area (Å²) in [6, 6.07) is 33.3. The Labute approximate surface area is 339 Å². The van der Waals surface area contributed by atoms with Crippen molar-refractivity contribution >= 4 is 70.2 Å². The van der Waals surface area contributed by atoms with Gasteiger partial charge in [-0.2, -0.15) is 0 Å². The summed E-state index contributed by atoms with van der Waals surface area (Å²) in [7, 11) is 0. The van der Waals surface area contributed by atoms with Crippen LogP contribution in [0.4, 0.5) is 0 Å². The Morgan fingerprint density at radius 2 is 0.583 bits per heavy atom. The minimum absolute atomic E-state index is 0.0644. The quantitative estimate of drug-likeness (QED) is 0.0858. The smallest absolute Gasteiger partial charge is 0.335 e. The van der Waals surface area contributed by atoms with Crippen LogP contribution >= 0.6 is 0 Å². The van der Waals surface area contributed by atoms with Crippen molar-refractivity contribution in [1.82, 2.24) is 19.9 Å². The number of hydrogen-bond acceptors (Lipinski definition) is 6. The molecule has 6 N–H and O–H groups in total. The third-order valence-electron chi connectivity index (χ3n) is 10.3. The summed E-state index contributed by atoms with van der Waals surface area (Å²) in [6.45, 7) is 0. The number of aromatic amines is 2. The van der Waals surface area contributed by atoms with Gasteiger partial charge in [0, 0.05) is 44.3 Å². The van der Waals surface area contributed by atoms with Gasteiger partial charge in [-0.15, -0.1) is 0 Å². The van der Waals surface area contributed by atoms with Crippen molar-refractivity contribution in [3.8, 4) is 44.5 Å². The highest BCUT2D eigenvalue weighted by molar-refractivity contribution is 6.02. The van der Waals surface area contributed by atoms with E-state index in [9.17, 15) is 39.6 Å². The number of nitrogens with zero attached hydrogens (tertiary/aromatic N) is 2. The molecule has 9 rings (SSSR count). The van der Waals surface area contributed by atoms with E-state index < -0.39 is 23.9 Å². The monoisotopic (exact) mass is 790 g/mol. The number of carboxylic acid groups (broad SMARTS) is 4. The highest BCUT2D eigenvalue weighted by Crippen LogP contribution is 2.39. The Morgan fingerprint density at radius 3 is 0.800 bits per heavy atom. The van der Waals surface area contributed by atoms with E-state index in [2.05, 4.69) is 9.97 Å². The molecule has 0 saturated carbocycles. The third-order valence-corrected chi connectivity index (χ3v) is 10.3. The lowest BCUT2D eigenvalue weighted by Gasteiger charge is -2.08. The number of hydrogen-bond donors (Lipinski definition) is 6. The zero-order valence-electron chi connectivity index (χ0n) is 31.2. The molecule has 8 bridgehead atoms. The summed E-state index contributed by atoms with van der Waals surface area (Å²) in [6.07, 6.45) is 7.23. The molecule has 0 atom stereocenters. The van der Waals surface area contributed by atoms with Gasteiger partial charge in [-0.1, -0.05) is 48.5 Å². The lowest BCUT2D eigenvalue weighted by molar-refractivity contribution is 0.0686. The molecule has 5 heterocycles. The molecular formula is C48H30N4O8. The number of aromatic nitrogens is 4. The van der Waals surface area contributed by atoms with Crippen LogP contribution < -0.4 is 0 Å². The molecule has 0 aliphatic carbocycles. The zero-order chi connectivity index (χ0) is 41.7. The van der Waals surface area contributed by atoms with Gasteiger partial charge in [0.05, 0.1) is 45.0 Å². The van der Waals surface area contributed by atoms with Crippen LogP contribution in [0.1, 0.15) is 64.2 Å². The van der Waals surface area contributed by atoms with Gasteiger partial charge in [0.2, 0.25) is 0 Å². The van der Waals surface area contributed by atoms with E-state index in [1.165, 1.54) is 24.3 Å². The Kier molecular flexibility index (Phi) is 9.06. The summed E-state index contributed by atoms with van der Waals surface area (Å²) in [5.41, 5.74) is 8.92. The van der Waals surface area contributed by atoms with Gasteiger partial charge in [-0.25, -0.2) is 29.1 Å². The summed E-state index contributed by atoms with van der Waals surface area (Å²) in [5, 5.41) is 39.9. The largest absolute Gasteiger partial charge is 0.478 e. The molecule has 0 amide bonds. The Bertz CT molecular complexity index is 2820. The number of fused-ring (bicyclic) bond motifs is 8. The van der Waals surface area contributed by atoms with E-state index in [0.29, 0.717) is 89.4 Å². The van der Waals surface area contributed by atoms with Crippen LogP contribution in [0.15, 0.2) is 121 Å². The van der Waals surface area contributed by atoms with Crippen LogP contribution in [-0.2, 0) is 0 Å². The van der Waals surface area contributed by atoms with Crippen LogP contribution in [0.2, 0.25) is 0 Å². The Balaban J connectivity index is 1.48. The van der Waals surface area contributed by atoms with Gasteiger partial charge in [0.15, 0.2) is 0 Å². The molecule has 0 unspecified atom stereocenters. The first-order valence-electron chi connectivity index (χ1n) is 18.5. The van der Waals surface area contributed by atoms with Gasteiger partial charge < -0.3 is 30.4 Å². The molecule has 0 fully saturated rings. The van der Waals surface area contributed by atoms with E-state index in [4.69, 9.17) is 9.97 Å². The molecule has 7 aromatic rings. The molecule has 290 valence electrons. The zero-order valence-corrected chi connectivity index (χ0v) is 31.2. The van der Waals surface area contributed by atoms with Crippen molar-refractivity contribution in [2.75, 3.05) is 0 Å². The second kappa shape index (κ2) is 14.7. The molecule has 12 nitrogen and oxygen atoms in total. The summed E-state index contributed by atoms with van der Waals surface area (Å²) in [5.74, 6) is -4.43. The van der Waals surface area contributed by atoms with Crippen LogP contribution in [0.25, 0.3) is 90.9 Å². The predicted molar refractivity (Wildman–Crippen MR) is 228 cm³/mol. The van der Waals surface area contributed by atoms with E-state index in [1.54, 1.807) is 72.8 Å². The van der Waals surface area contributed by atoms with Crippen LogP contribution in [0.3, 0.4) is 0 Å². The van der Waals surface area contributed by atoms with Crippen molar-refractivity contribution in [1.29, 1.82) is 0 Å².